The molecule has 0 bridgehead atoms. The van der Waals surface area contributed by atoms with E-state index in [2.05, 4.69) is 4.72 Å². The zero-order chi connectivity index (χ0) is 13.2. The van der Waals surface area contributed by atoms with E-state index in [0.29, 0.717) is 25.1 Å². The summed E-state index contributed by atoms with van der Waals surface area (Å²) in [7, 11) is -2.00. The largest absolute Gasteiger partial charge is 0.497 e. The Bertz CT molecular complexity index is 509. The first-order valence-corrected chi connectivity index (χ1v) is 7.31. The predicted octanol–water partition coefficient (Wildman–Crippen LogP) is 0.744. The van der Waals surface area contributed by atoms with Gasteiger partial charge in [-0.15, -0.1) is 0 Å². The molecule has 0 aromatic heterocycles. The molecule has 0 radical (unpaired) electrons. The first-order valence-electron chi connectivity index (χ1n) is 5.83. The van der Waals surface area contributed by atoms with Gasteiger partial charge < -0.3 is 9.84 Å². The lowest BCUT2D eigenvalue weighted by molar-refractivity contribution is 0.0453. The van der Waals surface area contributed by atoms with Crippen LogP contribution in [-0.2, 0) is 10.0 Å². The third-order valence-electron chi connectivity index (χ3n) is 3.12. The van der Waals surface area contributed by atoms with Gasteiger partial charge in [0.05, 0.1) is 18.1 Å². The fraction of sp³-hybridized carbons (Fsp3) is 0.500. The summed E-state index contributed by atoms with van der Waals surface area (Å²) in [5.74, 6) is 0.748. The average molecular weight is 271 g/mol. The van der Waals surface area contributed by atoms with Crippen molar-refractivity contribution in [3.63, 3.8) is 0 Å². The fourth-order valence-corrected chi connectivity index (χ4v) is 3.10. The van der Waals surface area contributed by atoms with Gasteiger partial charge in [0.25, 0.3) is 0 Å². The highest BCUT2D eigenvalue weighted by molar-refractivity contribution is 7.89. The van der Waals surface area contributed by atoms with Crippen LogP contribution in [0.3, 0.4) is 0 Å². The van der Waals surface area contributed by atoms with E-state index in [-0.39, 0.29) is 16.9 Å². The Hall–Kier alpha value is -1.11. The summed E-state index contributed by atoms with van der Waals surface area (Å²) >= 11 is 0. The number of rotatable bonds is 5. The summed E-state index contributed by atoms with van der Waals surface area (Å²) in [5.41, 5.74) is 0. The monoisotopic (exact) mass is 271 g/mol. The number of nitrogens with one attached hydrogen (secondary N) is 1. The molecular formula is C12H17NO4S. The maximum absolute atomic E-state index is 12.0. The lowest BCUT2D eigenvalue weighted by atomic mass is 9.83. The van der Waals surface area contributed by atoms with Crippen molar-refractivity contribution < 1.29 is 18.3 Å². The van der Waals surface area contributed by atoms with Gasteiger partial charge in [0.15, 0.2) is 0 Å². The highest BCUT2D eigenvalue weighted by atomic mass is 32.2. The van der Waals surface area contributed by atoms with Crippen molar-refractivity contribution in [2.24, 2.45) is 5.92 Å². The first kappa shape index (κ1) is 13.3. The molecule has 0 amide bonds. The van der Waals surface area contributed by atoms with Crippen molar-refractivity contribution >= 4 is 10.0 Å². The van der Waals surface area contributed by atoms with Crippen LogP contribution in [0, 0.1) is 5.92 Å². The van der Waals surface area contributed by atoms with Crippen LogP contribution >= 0.6 is 0 Å². The quantitative estimate of drug-likeness (QED) is 0.828. The third-order valence-corrected chi connectivity index (χ3v) is 4.55. The first-order chi connectivity index (χ1) is 8.51. The molecule has 0 heterocycles. The van der Waals surface area contributed by atoms with E-state index >= 15 is 0 Å². The molecule has 1 aliphatic rings. The van der Waals surface area contributed by atoms with Gasteiger partial charge in [0.1, 0.15) is 5.75 Å². The van der Waals surface area contributed by atoms with E-state index in [1.54, 1.807) is 12.1 Å². The van der Waals surface area contributed by atoms with Gasteiger partial charge >= 0.3 is 0 Å². The molecule has 0 spiro atoms. The van der Waals surface area contributed by atoms with E-state index in [1.807, 2.05) is 0 Å². The highest BCUT2D eigenvalue weighted by Crippen LogP contribution is 2.26. The summed E-state index contributed by atoms with van der Waals surface area (Å²) in [4.78, 5) is 0.196. The number of hydrogen-bond acceptors (Lipinski definition) is 4. The molecule has 1 saturated carbocycles. The van der Waals surface area contributed by atoms with Crippen LogP contribution in [-0.4, -0.2) is 33.3 Å². The van der Waals surface area contributed by atoms with E-state index in [4.69, 9.17) is 9.84 Å². The lowest BCUT2D eigenvalue weighted by Crippen LogP contribution is -2.38. The molecule has 1 aliphatic carbocycles. The Morgan fingerprint density at radius 1 is 1.44 bits per heavy atom. The van der Waals surface area contributed by atoms with Crippen LogP contribution in [0.25, 0.3) is 0 Å². The molecule has 0 atom stereocenters. The topological polar surface area (TPSA) is 75.6 Å². The summed E-state index contributed by atoms with van der Waals surface area (Å²) in [6.45, 7) is 0.372. The zero-order valence-corrected chi connectivity index (χ0v) is 11.0. The number of benzene rings is 1. The van der Waals surface area contributed by atoms with Crippen molar-refractivity contribution in [2.75, 3.05) is 13.7 Å². The molecular weight excluding hydrogens is 254 g/mol. The SMILES string of the molecule is COc1cccc(S(=O)(=O)NCC2CC(O)C2)c1. The standard InChI is InChI=1S/C12H17NO4S/c1-17-11-3-2-4-12(7-11)18(15,16)13-8-9-5-10(14)6-9/h2-4,7,9-10,13-14H,5-6,8H2,1H3. The van der Waals surface area contributed by atoms with Gasteiger partial charge in [-0.05, 0) is 30.9 Å². The van der Waals surface area contributed by atoms with Crippen molar-refractivity contribution in [1.82, 2.24) is 4.72 Å². The molecule has 1 aromatic carbocycles. The van der Waals surface area contributed by atoms with Crippen LogP contribution in [0.5, 0.6) is 5.75 Å². The molecule has 0 unspecified atom stereocenters. The Morgan fingerprint density at radius 3 is 2.78 bits per heavy atom. The second-order valence-electron chi connectivity index (χ2n) is 4.52. The van der Waals surface area contributed by atoms with Gasteiger partial charge in [-0.25, -0.2) is 13.1 Å². The predicted molar refractivity (Wildman–Crippen MR) is 66.9 cm³/mol. The Balaban J connectivity index is 2.01. The van der Waals surface area contributed by atoms with E-state index in [9.17, 15) is 8.42 Å². The van der Waals surface area contributed by atoms with Crippen LogP contribution in [0.2, 0.25) is 0 Å². The van der Waals surface area contributed by atoms with E-state index < -0.39 is 10.0 Å². The third kappa shape index (κ3) is 3.01. The van der Waals surface area contributed by atoms with Crippen molar-refractivity contribution in [1.29, 1.82) is 0 Å². The minimum absolute atomic E-state index is 0.196. The molecule has 2 rings (SSSR count). The highest BCUT2D eigenvalue weighted by Gasteiger charge is 2.28. The number of sulfonamides is 1. The average Bonchev–Trinajstić information content (AvgIpc) is 2.33. The van der Waals surface area contributed by atoms with Crippen LogP contribution in [0.4, 0.5) is 0 Å². The van der Waals surface area contributed by atoms with Crippen LogP contribution in [0.1, 0.15) is 12.8 Å². The van der Waals surface area contributed by atoms with Gasteiger partial charge in [-0.2, -0.15) is 0 Å². The van der Waals surface area contributed by atoms with Gasteiger partial charge in [-0.1, -0.05) is 6.07 Å². The maximum Gasteiger partial charge on any atom is 0.240 e. The number of aliphatic hydroxyl groups is 1. The minimum atomic E-state index is -3.49. The van der Waals surface area contributed by atoms with E-state index in [1.165, 1.54) is 19.2 Å². The molecule has 6 heteroatoms. The Morgan fingerprint density at radius 2 is 2.17 bits per heavy atom. The minimum Gasteiger partial charge on any atom is -0.497 e. The summed E-state index contributed by atoms with van der Waals surface area (Å²) in [6, 6.07) is 6.35. The summed E-state index contributed by atoms with van der Waals surface area (Å²) in [5, 5.41) is 9.14. The maximum atomic E-state index is 12.0. The molecule has 100 valence electrons. The second-order valence-corrected chi connectivity index (χ2v) is 6.29. The van der Waals surface area contributed by atoms with Crippen molar-refractivity contribution in [3.05, 3.63) is 24.3 Å². The molecule has 0 aliphatic heterocycles. The zero-order valence-electron chi connectivity index (χ0n) is 10.2. The Labute approximate surface area is 107 Å². The van der Waals surface area contributed by atoms with Crippen molar-refractivity contribution in [3.8, 4) is 5.75 Å². The molecule has 1 fully saturated rings. The number of hydrogen-bond donors (Lipinski definition) is 2. The molecule has 1 aromatic rings. The number of methoxy groups -OCH3 is 1. The summed E-state index contributed by atoms with van der Waals surface area (Å²) in [6.07, 6.45) is 1.07. The lowest BCUT2D eigenvalue weighted by Gasteiger charge is -2.31. The van der Waals surface area contributed by atoms with Crippen molar-refractivity contribution in [2.45, 2.75) is 23.8 Å². The van der Waals surface area contributed by atoms with Gasteiger partial charge in [-0.3, -0.25) is 0 Å². The smallest absolute Gasteiger partial charge is 0.240 e. The van der Waals surface area contributed by atoms with Gasteiger partial charge in [0.2, 0.25) is 10.0 Å². The second kappa shape index (κ2) is 5.26. The van der Waals surface area contributed by atoms with E-state index in [0.717, 1.165) is 0 Å². The van der Waals surface area contributed by atoms with Crippen LogP contribution < -0.4 is 9.46 Å². The summed E-state index contributed by atoms with van der Waals surface area (Å²) < 4.78 is 31.5. The molecule has 2 N–H and O–H groups in total. The number of aliphatic hydroxyl groups excluding tert-OH is 1. The fourth-order valence-electron chi connectivity index (χ4n) is 1.95. The van der Waals surface area contributed by atoms with Crippen LogP contribution in [0.15, 0.2) is 29.2 Å². The molecule has 18 heavy (non-hydrogen) atoms. The Kier molecular flexibility index (Phi) is 3.89. The molecule has 5 nitrogen and oxygen atoms in total. The van der Waals surface area contributed by atoms with Gasteiger partial charge in [0, 0.05) is 12.6 Å². The molecule has 0 saturated heterocycles. The number of ether oxygens (including phenoxy) is 1. The normalized spacial score (nSPS) is 23.4.